The number of nitrogens with zero attached hydrogens (tertiary/aromatic N) is 5. The molecule has 0 aliphatic carbocycles. The Morgan fingerprint density at radius 1 is 1.12 bits per heavy atom. The molecule has 1 aromatic carbocycles. The summed E-state index contributed by atoms with van der Waals surface area (Å²) < 4.78 is 38.4. The number of carbonyl (C=O) groups is 1. The van der Waals surface area contributed by atoms with E-state index in [4.69, 9.17) is 4.84 Å². The lowest BCUT2D eigenvalue weighted by Gasteiger charge is -2.31. The van der Waals surface area contributed by atoms with Crippen molar-refractivity contribution in [1.29, 1.82) is 0 Å². The highest BCUT2D eigenvalue weighted by Gasteiger charge is 2.31. The highest BCUT2D eigenvalue weighted by atomic mass is 32.2. The van der Waals surface area contributed by atoms with E-state index in [0.29, 0.717) is 47.7 Å². The van der Waals surface area contributed by atoms with Gasteiger partial charge in [-0.05, 0) is 57.9 Å². The minimum Gasteiger partial charge on any atom is -0.367 e. The van der Waals surface area contributed by atoms with Crippen molar-refractivity contribution in [3.05, 3.63) is 36.8 Å². The van der Waals surface area contributed by atoms with Crippen LogP contribution in [0.25, 0.3) is 16.7 Å². The molecule has 0 amide bonds. The zero-order valence-corrected chi connectivity index (χ0v) is 21.1. The number of rotatable bonds is 5. The van der Waals surface area contributed by atoms with Gasteiger partial charge in [0.05, 0.1) is 38.4 Å². The Morgan fingerprint density at radius 2 is 1.76 bits per heavy atom. The summed E-state index contributed by atoms with van der Waals surface area (Å²) in [6.45, 7) is 6.41. The number of sulfone groups is 1. The first-order valence-electron chi connectivity index (χ1n) is 10.8. The number of fused-ring (bicyclic) bond motifs is 1. The van der Waals surface area contributed by atoms with Gasteiger partial charge in [0.1, 0.15) is 11.4 Å². The summed E-state index contributed by atoms with van der Waals surface area (Å²) >= 11 is 0. The highest BCUT2D eigenvalue weighted by Crippen LogP contribution is 2.27. The lowest BCUT2D eigenvalue weighted by Crippen LogP contribution is -2.41. The van der Waals surface area contributed by atoms with E-state index in [1.54, 1.807) is 48.8 Å². The minimum absolute atomic E-state index is 0.139. The molecule has 1 unspecified atom stereocenters. The van der Waals surface area contributed by atoms with Crippen LogP contribution in [-0.2, 0) is 30.3 Å². The highest BCUT2D eigenvalue weighted by molar-refractivity contribution is 7.90. The topological polar surface area (TPSA) is 124 Å². The van der Waals surface area contributed by atoms with Crippen LogP contribution < -0.4 is 0 Å². The molecule has 0 radical (unpaired) electrons. The Hall–Kier alpha value is -2.70. The first-order valence-corrected chi connectivity index (χ1v) is 13.9. The Morgan fingerprint density at radius 3 is 2.35 bits per heavy atom. The molecule has 0 spiro atoms. The van der Waals surface area contributed by atoms with Gasteiger partial charge in [-0.3, -0.25) is 4.21 Å². The largest absolute Gasteiger partial charge is 0.367 e. The monoisotopic (exact) mass is 505 g/mol. The van der Waals surface area contributed by atoms with Crippen LogP contribution in [0.5, 0.6) is 0 Å². The predicted molar refractivity (Wildman–Crippen MR) is 126 cm³/mol. The van der Waals surface area contributed by atoms with Crippen molar-refractivity contribution in [2.24, 2.45) is 5.41 Å². The van der Waals surface area contributed by atoms with Gasteiger partial charge in [-0.1, -0.05) is 0 Å². The van der Waals surface area contributed by atoms with Crippen LogP contribution in [0, 0.1) is 5.41 Å². The molecule has 0 saturated carbocycles. The summed E-state index contributed by atoms with van der Waals surface area (Å²) in [7, 11) is -4.70. The van der Waals surface area contributed by atoms with Gasteiger partial charge in [0.2, 0.25) is 0 Å². The van der Waals surface area contributed by atoms with Crippen molar-refractivity contribution in [3.8, 4) is 5.69 Å². The first kappa shape index (κ1) is 24.4. The van der Waals surface area contributed by atoms with Crippen molar-refractivity contribution in [2.75, 3.05) is 19.3 Å². The number of aromatic nitrogens is 4. The number of carbonyl (C=O) groups excluding carboxylic acids is 1. The lowest BCUT2D eigenvalue weighted by molar-refractivity contribution is -0.203. The second-order valence-electron chi connectivity index (χ2n) is 9.29. The molecule has 182 valence electrons. The van der Waals surface area contributed by atoms with Gasteiger partial charge in [-0.15, -0.1) is 5.06 Å². The quantitative estimate of drug-likeness (QED) is 0.480. The summed E-state index contributed by atoms with van der Waals surface area (Å²) in [5, 5.41) is 6.86. The average Bonchev–Trinajstić information content (AvgIpc) is 3.22. The Bertz CT molecular complexity index is 1340. The molecular formula is C22H27N5O5S2. The van der Waals surface area contributed by atoms with Gasteiger partial charge in [0, 0.05) is 24.6 Å². The summed E-state index contributed by atoms with van der Waals surface area (Å²) in [6, 6.07) is 6.32. The van der Waals surface area contributed by atoms with Gasteiger partial charge in [0.15, 0.2) is 15.5 Å². The zero-order valence-electron chi connectivity index (χ0n) is 19.5. The molecule has 12 heteroatoms. The van der Waals surface area contributed by atoms with E-state index >= 15 is 0 Å². The second-order valence-corrected chi connectivity index (χ2v) is 13.0. The van der Waals surface area contributed by atoms with Gasteiger partial charge in [0.25, 0.3) is 0 Å². The van der Waals surface area contributed by atoms with Crippen LogP contribution >= 0.6 is 0 Å². The number of benzene rings is 1. The second kappa shape index (κ2) is 9.16. The average molecular weight is 506 g/mol. The SMILES string of the molecule is CC(C)(C)C(=O)ON1CCC(S(=O)c2ncnc3c2cnn3-c2ccc(S(C)(=O)=O)cc2)CC1. The third-order valence-corrected chi connectivity index (χ3v) is 8.47. The zero-order chi connectivity index (χ0) is 24.7. The van der Waals surface area contributed by atoms with Gasteiger partial charge in [-0.2, -0.15) is 5.10 Å². The van der Waals surface area contributed by atoms with E-state index in [2.05, 4.69) is 15.1 Å². The third-order valence-electron chi connectivity index (χ3n) is 5.56. The van der Waals surface area contributed by atoms with Gasteiger partial charge >= 0.3 is 5.97 Å². The fourth-order valence-electron chi connectivity index (χ4n) is 3.56. The number of hydrogen-bond acceptors (Lipinski definition) is 9. The van der Waals surface area contributed by atoms with E-state index in [9.17, 15) is 17.4 Å². The van der Waals surface area contributed by atoms with Crippen molar-refractivity contribution in [1.82, 2.24) is 24.8 Å². The van der Waals surface area contributed by atoms with Crippen molar-refractivity contribution < 1.29 is 22.3 Å². The summed E-state index contributed by atoms with van der Waals surface area (Å²) in [4.78, 5) is 26.4. The van der Waals surface area contributed by atoms with Crippen LogP contribution in [0.4, 0.5) is 0 Å². The predicted octanol–water partition coefficient (Wildman–Crippen LogP) is 2.30. The van der Waals surface area contributed by atoms with Gasteiger partial charge < -0.3 is 4.84 Å². The van der Waals surface area contributed by atoms with E-state index in [1.165, 1.54) is 18.5 Å². The van der Waals surface area contributed by atoms with Crippen molar-refractivity contribution >= 4 is 37.6 Å². The molecule has 1 atom stereocenters. The summed E-state index contributed by atoms with van der Waals surface area (Å²) in [5.41, 5.74) is 0.533. The summed E-state index contributed by atoms with van der Waals surface area (Å²) in [5.74, 6) is -0.290. The number of hydroxylamine groups is 2. The molecule has 2 aromatic heterocycles. The molecule has 4 rings (SSSR count). The number of piperidine rings is 1. The number of hydrogen-bond donors (Lipinski definition) is 0. The normalized spacial score (nSPS) is 17.1. The molecule has 34 heavy (non-hydrogen) atoms. The standard InChI is InChI=1S/C22H27N5O5S2/c1-22(2,3)21(28)32-26-11-9-16(10-12-26)33(29)20-18-13-25-27(19(18)23-14-24-20)15-5-7-17(8-6-15)34(4,30)31/h5-8,13-14,16H,9-12H2,1-4H3. The van der Waals surface area contributed by atoms with E-state index in [0.717, 1.165) is 6.26 Å². The van der Waals surface area contributed by atoms with Crippen molar-refractivity contribution in [2.45, 2.75) is 48.8 Å². The van der Waals surface area contributed by atoms with E-state index in [-0.39, 0.29) is 16.1 Å². The maximum absolute atomic E-state index is 13.4. The van der Waals surface area contributed by atoms with Crippen LogP contribution in [0.15, 0.2) is 46.7 Å². The maximum atomic E-state index is 13.4. The minimum atomic E-state index is -3.31. The molecule has 3 heterocycles. The molecule has 10 nitrogen and oxygen atoms in total. The van der Waals surface area contributed by atoms with Crippen LogP contribution in [0.1, 0.15) is 33.6 Å². The van der Waals surface area contributed by atoms with Crippen molar-refractivity contribution in [3.63, 3.8) is 0 Å². The Kier molecular flexibility index (Phi) is 6.58. The van der Waals surface area contributed by atoms with Crippen LogP contribution in [0.2, 0.25) is 0 Å². The van der Waals surface area contributed by atoms with Gasteiger partial charge in [-0.25, -0.2) is 27.9 Å². The fraction of sp³-hybridized carbons (Fsp3) is 0.455. The van der Waals surface area contributed by atoms with E-state index in [1.807, 2.05) is 0 Å². The lowest BCUT2D eigenvalue weighted by atomic mass is 9.98. The molecule has 1 aliphatic rings. The molecule has 1 fully saturated rings. The molecule has 1 saturated heterocycles. The molecule has 1 aliphatic heterocycles. The van der Waals surface area contributed by atoms with Crippen LogP contribution in [0.3, 0.4) is 0 Å². The van der Waals surface area contributed by atoms with Crippen LogP contribution in [-0.4, -0.2) is 68.0 Å². The van der Waals surface area contributed by atoms with E-state index < -0.39 is 26.1 Å². The Balaban J connectivity index is 1.52. The molecule has 0 bridgehead atoms. The molecule has 3 aromatic rings. The third kappa shape index (κ3) is 5.03. The summed E-state index contributed by atoms with van der Waals surface area (Å²) in [6.07, 6.45) is 5.28. The maximum Gasteiger partial charge on any atom is 0.330 e. The fourth-order valence-corrected chi connectivity index (χ4v) is 5.65. The molecular weight excluding hydrogens is 478 g/mol. The Labute approximate surface area is 200 Å². The molecule has 0 N–H and O–H groups in total. The smallest absolute Gasteiger partial charge is 0.330 e. The first-order chi connectivity index (χ1) is 15.9.